The number of aromatic nitrogens is 1. The topological polar surface area (TPSA) is 96.8 Å². The number of anilines is 1. The molecule has 8 nitrogen and oxygen atoms in total. The first kappa shape index (κ1) is 24.4. The van der Waals surface area contributed by atoms with E-state index in [-0.39, 0.29) is 17.6 Å². The summed E-state index contributed by atoms with van der Waals surface area (Å²) in [4.78, 5) is 31.0. The van der Waals surface area contributed by atoms with Crippen LogP contribution in [0.3, 0.4) is 0 Å². The third-order valence-electron chi connectivity index (χ3n) is 7.09. The van der Waals surface area contributed by atoms with Crippen LogP contribution in [0.15, 0.2) is 83.4 Å². The van der Waals surface area contributed by atoms with Gasteiger partial charge in [0, 0.05) is 47.0 Å². The van der Waals surface area contributed by atoms with Crippen LogP contribution in [0, 0.1) is 0 Å². The third kappa shape index (κ3) is 4.61. The van der Waals surface area contributed by atoms with Gasteiger partial charge in [0.25, 0.3) is 11.8 Å². The molecule has 0 aliphatic carbocycles. The van der Waals surface area contributed by atoms with E-state index in [0.717, 1.165) is 34.0 Å². The van der Waals surface area contributed by atoms with E-state index < -0.39 is 0 Å². The molecule has 5 aromatic rings. The lowest BCUT2D eigenvalue weighted by Gasteiger charge is -2.29. The molecule has 196 valence electrons. The van der Waals surface area contributed by atoms with Crippen LogP contribution in [0.4, 0.5) is 5.69 Å². The Balaban J connectivity index is 1.14. The average Bonchev–Trinajstić information content (AvgIpc) is 3.66. The van der Waals surface area contributed by atoms with Gasteiger partial charge in [0.15, 0.2) is 17.3 Å². The SMILES string of the molecule is COc1cc2c(cc1OC)CN(C(=O)c1ccc(-c3ccc(NC(=O)c4cccc5[nH]ccc45)cc3)o1)CC2. The van der Waals surface area contributed by atoms with Gasteiger partial charge in [-0.2, -0.15) is 0 Å². The van der Waals surface area contributed by atoms with Gasteiger partial charge in [-0.1, -0.05) is 6.07 Å². The number of rotatable bonds is 6. The number of benzene rings is 3. The second-order valence-electron chi connectivity index (χ2n) is 9.39. The minimum Gasteiger partial charge on any atom is -0.493 e. The molecule has 0 saturated heterocycles. The summed E-state index contributed by atoms with van der Waals surface area (Å²) in [5.41, 5.74) is 5.16. The van der Waals surface area contributed by atoms with Crippen LogP contribution in [-0.4, -0.2) is 42.5 Å². The summed E-state index contributed by atoms with van der Waals surface area (Å²) in [6, 6.07) is 22.2. The highest BCUT2D eigenvalue weighted by Crippen LogP contribution is 2.34. The van der Waals surface area contributed by atoms with Crippen molar-refractivity contribution in [3.05, 3.63) is 101 Å². The van der Waals surface area contributed by atoms with E-state index in [1.165, 1.54) is 0 Å². The van der Waals surface area contributed by atoms with Gasteiger partial charge in [-0.25, -0.2) is 0 Å². The molecule has 39 heavy (non-hydrogen) atoms. The Kier molecular flexibility index (Phi) is 6.28. The molecule has 0 unspecified atom stereocenters. The van der Waals surface area contributed by atoms with Crippen LogP contribution >= 0.6 is 0 Å². The zero-order chi connectivity index (χ0) is 26.9. The lowest BCUT2D eigenvalue weighted by molar-refractivity contribution is 0.0703. The van der Waals surface area contributed by atoms with Crippen molar-refractivity contribution in [3.63, 3.8) is 0 Å². The van der Waals surface area contributed by atoms with Gasteiger partial charge >= 0.3 is 0 Å². The van der Waals surface area contributed by atoms with Crippen LogP contribution in [0.5, 0.6) is 11.5 Å². The van der Waals surface area contributed by atoms with Crippen molar-refractivity contribution < 1.29 is 23.5 Å². The van der Waals surface area contributed by atoms with Gasteiger partial charge in [0.2, 0.25) is 0 Å². The second kappa shape index (κ2) is 10.1. The monoisotopic (exact) mass is 521 g/mol. The number of nitrogens with one attached hydrogen (secondary N) is 2. The number of fused-ring (bicyclic) bond motifs is 2. The first-order valence-electron chi connectivity index (χ1n) is 12.6. The Bertz CT molecular complexity index is 1680. The molecule has 1 aliphatic heterocycles. The van der Waals surface area contributed by atoms with Crippen LogP contribution < -0.4 is 14.8 Å². The van der Waals surface area contributed by atoms with Crippen LogP contribution in [0.25, 0.3) is 22.2 Å². The number of hydrogen-bond donors (Lipinski definition) is 2. The van der Waals surface area contributed by atoms with Crippen molar-refractivity contribution in [1.29, 1.82) is 0 Å². The molecule has 2 aromatic heterocycles. The summed E-state index contributed by atoms with van der Waals surface area (Å²) < 4.78 is 16.8. The summed E-state index contributed by atoms with van der Waals surface area (Å²) in [5.74, 6) is 1.85. The van der Waals surface area contributed by atoms with Crippen molar-refractivity contribution in [1.82, 2.24) is 9.88 Å². The fourth-order valence-electron chi connectivity index (χ4n) is 5.02. The van der Waals surface area contributed by atoms with E-state index >= 15 is 0 Å². The number of carbonyl (C=O) groups excluding carboxylic acids is 2. The van der Waals surface area contributed by atoms with E-state index in [4.69, 9.17) is 13.9 Å². The molecule has 3 aromatic carbocycles. The summed E-state index contributed by atoms with van der Waals surface area (Å²) in [6.45, 7) is 1.05. The number of ether oxygens (including phenoxy) is 2. The highest BCUT2D eigenvalue weighted by molar-refractivity contribution is 6.12. The smallest absolute Gasteiger partial charge is 0.289 e. The predicted octanol–water partition coefficient (Wildman–Crippen LogP) is 5.90. The lowest BCUT2D eigenvalue weighted by atomic mass is 9.98. The maximum absolute atomic E-state index is 13.2. The van der Waals surface area contributed by atoms with Gasteiger partial charge in [0.1, 0.15) is 5.76 Å². The summed E-state index contributed by atoms with van der Waals surface area (Å²) in [6.07, 6.45) is 2.54. The fraction of sp³-hybridized carbons (Fsp3) is 0.161. The number of nitrogens with zero attached hydrogens (tertiary/aromatic N) is 1. The standard InChI is InChI=1S/C31H27N3O5/c1-37-28-16-20-13-15-34(18-21(20)17-29(28)38-2)31(36)27-11-10-26(39-27)19-6-8-22(9-7-19)33-30(35)24-4-3-5-25-23(24)12-14-32-25/h3-12,14,16-17,32H,13,15,18H2,1-2H3,(H,33,35). The molecule has 2 amide bonds. The number of amides is 2. The first-order chi connectivity index (χ1) is 19.0. The Morgan fingerprint density at radius 1 is 0.923 bits per heavy atom. The largest absolute Gasteiger partial charge is 0.493 e. The number of H-pyrrole nitrogens is 1. The van der Waals surface area contributed by atoms with Gasteiger partial charge < -0.3 is 29.1 Å². The second-order valence-corrected chi connectivity index (χ2v) is 9.39. The normalized spacial score (nSPS) is 12.7. The molecule has 1 aliphatic rings. The minimum atomic E-state index is -0.182. The lowest BCUT2D eigenvalue weighted by Crippen LogP contribution is -2.35. The third-order valence-corrected chi connectivity index (χ3v) is 7.09. The molecule has 0 saturated carbocycles. The zero-order valence-corrected chi connectivity index (χ0v) is 21.6. The highest BCUT2D eigenvalue weighted by Gasteiger charge is 2.26. The van der Waals surface area contributed by atoms with Crippen molar-refractivity contribution in [2.75, 3.05) is 26.1 Å². The molecule has 2 N–H and O–H groups in total. The Morgan fingerprint density at radius 3 is 2.46 bits per heavy atom. The van der Waals surface area contributed by atoms with Gasteiger partial charge in [-0.05, 0) is 84.3 Å². The van der Waals surface area contributed by atoms with Crippen LogP contribution in [0.1, 0.15) is 32.0 Å². The van der Waals surface area contributed by atoms with Crippen molar-refractivity contribution >= 4 is 28.4 Å². The highest BCUT2D eigenvalue weighted by atomic mass is 16.5. The fourth-order valence-corrected chi connectivity index (χ4v) is 5.02. The molecule has 0 fully saturated rings. The number of hydrogen-bond acceptors (Lipinski definition) is 5. The molecule has 0 atom stereocenters. The number of furan rings is 1. The average molecular weight is 522 g/mol. The zero-order valence-electron chi connectivity index (χ0n) is 21.6. The summed E-state index contributed by atoms with van der Waals surface area (Å²) >= 11 is 0. The van der Waals surface area contributed by atoms with Gasteiger partial charge in [-0.15, -0.1) is 0 Å². The number of methoxy groups -OCH3 is 2. The van der Waals surface area contributed by atoms with Gasteiger partial charge in [0.05, 0.1) is 14.2 Å². The van der Waals surface area contributed by atoms with E-state index in [1.807, 2.05) is 60.8 Å². The van der Waals surface area contributed by atoms with E-state index in [9.17, 15) is 9.59 Å². The first-order valence-corrected chi connectivity index (χ1v) is 12.6. The molecule has 8 heteroatoms. The molecule has 3 heterocycles. The molecule has 0 bridgehead atoms. The molecular weight excluding hydrogens is 494 g/mol. The van der Waals surface area contributed by atoms with E-state index in [2.05, 4.69) is 10.3 Å². The molecule has 0 radical (unpaired) electrons. The Morgan fingerprint density at radius 2 is 1.69 bits per heavy atom. The number of carbonyl (C=O) groups is 2. The maximum atomic E-state index is 13.2. The number of aromatic amines is 1. The van der Waals surface area contributed by atoms with Crippen LogP contribution in [-0.2, 0) is 13.0 Å². The molecule has 6 rings (SSSR count). The summed E-state index contributed by atoms with van der Waals surface area (Å²) in [5, 5.41) is 3.82. The summed E-state index contributed by atoms with van der Waals surface area (Å²) in [7, 11) is 3.22. The maximum Gasteiger partial charge on any atom is 0.289 e. The quantitative estimate of drug-likeness (QED) is 0.290. The Hall–Kier alpha value is -4.98. The van der Waals surface area contributed by atoms with Crippen molar-refractivity contribution in [2.45, 2.75) is 13.0 Å². The van der Waals surface area contributed by atoms with E-state index in [0.29, 0.717) is 41.6 Å². The van der Waals surface area contributed by atoms with E-state index in [1.54, 1.807) is 37.3 Å². The Labute approximate surface area is 225 Å². The van der Waals surface area contributed by atoms with Crippen molar-refractivity contribution in [3.8, 4) is 22.8 Å². The van der Waals surface area contributed by atoms with Crippen LogP contribution in [0.2, 0.25) is 0 Å². The van der Waals surface area contributed by atoms with Gasteiger partial charge in [-0.3, -0.25) is 9.59 Å². The minimum absolute atomic E-state index is 0.162. The molecule has 0 spiro atoms. The molecular formula is C31H27N3O5. The van der Waals surface area contributed by atoms with Crippen molar-refractivity contribution in [2.24, 2.45) is 0 Å². The predicted molar refractivity (Wildman–Crippen MR) is 148 cm³/mol.